The minimum atomic E-state index is -0.839. The van der Waals surface area contributed by atoms with Crippen LogP contribution in [-0.4, -0.2) is 4.98 Å². The van der Waals surface area contributed by atoms with Crippen LogP contribution in [0.25, 0.3) is 0 Å². The molecule has 0 amide bonds. The number of aromatic nitrogens is 1. The lowest BCUT2D eigenvalue weighted by molar-refractivity contribution is 0.306. The molecule has 0 spiro atoms. The molecule has 0 N–H and O–H groups in total. The zero-order valence-electron chi connectivity index (χ0n) is 10.0. The second kappa shape index (κ2) is 4.35. The summed E-state index contributed by atoms with van der Waals surface area (Å²) in [6.45, 7) is 1.75. The van der Waals surface area contributed by atoms with E-state index in [0.717, 1.165) is 22.2 Å². The highest BCUT2D eigenvalue weighted by Crippen LogP contribution is 2.57. The third-order valence-corrected chi connectivity index (χ3v) is 3.73. The number of hydrogen-bond donors (Lipinski definition) is 0. The third-order valence-electron chi connectivity index (χ3n) is 3.30. The molecule has 1 fully saturated rings. The maximum atomic E-state index is 13.8. The lowest BCUT2D eigenvalue weighted by Crippen LogP contribution is -2.08. The molecule has 3 rings (SSSR count). The van der Waals surface area contributed by atoms with Crippen LogP contribution in [-0.2, 0) is 10.3 Å². The van der Waals surface area contributed by atoms with E-state index in [0.29, 0.717) is 0 Å². The van der Waals surface area contributed by atoms with Gasteiger partial charge in [-0.05, 0) is 47.1 Å². The van der Waals surface area contributed by atoms with Gasteiger partial charge < -0.3 is 4.74 Å². The molecule has 5 heteroatoms. The highest BCUT2D eigenvalue weighted by atomic mass is 79.9. The third kappa shape index (κ3) is 2.17. The van der Waals surface area contributed by atoms with Gasteiger partial charge in [-0.1, -0.05) is 0 Å². The Morgan fingerprint density at radius 1 is 1.26 bits per heavy atom. The normalized spacial score (nSPS) is 25.4. The van der Waals surface area contributed by atoms with Gasteiger partial charge in [0.1, 0.15) is 23.3 Å². The molecule has 0 saturated carbocycles. The average molecular weight is 326 g/mol. The number of epoxide rings is 1. The monoisotopic (exact) mass is 325 g/mol. The Hall–Kier alpha value is -1.33. The van der Waals surface area contributed by atoms with Crippen molar-refractivity contribution in [3.05, 3.63) is 63.9 Å². The van der Waals surface area contributed by atoms with E-state index in [4.69, 9.17) is 4.74 Å². The van der Waals surface area contributed by atoms with Gasteiger partial charge in [-0.2, -0.15) is 0 Å². The fourth-order valence-electron chi connectivity index (χ4n) is 2.25. The highest BCUT2D eigenvalue weighted by Gasteiger charge is 2.56. The lowest BCUT2D eigenvalue weighted by Gasteiger charge is -2.08. The van der Waals surface area contributed by atoms with E-state index < -0.39 is 17.2 Å². The SMILES string of the molecule is CC1(c2cc(F)ccc2F)OC1c1cncc(Br)c1. The van der Waals surface area contributed by atoms with Crippen LogP contribution in [0.5, 0.6) is 0 Å². The van der Waals surface area contributed by atoms with E-state index in [-0.39, 0.29) is 11.7 Å². The van der Waals surface area contributed by atoms with Crippen LogP contribution in [0.1, 0.15) is 24.2 Å². The minimum Gasteiger partial charge on any atom is -0.356 e. The largest absolute Gasteiger partial charge is 0.356 e. The first-order chi connectivity index (χ1) is 9.00. The number of nitrogens with zero attached hydrogens (tertiary/aromatic N) is 1. The van der Waals surface area contributed by atoms with Gasteiger partial charge in [0.25, 0.3) is 0 Å². The van der Waals surface area contributed by atoms with Gasteiger partial charge in [0, 0.05) is 28.0 Å². The summed E-state index contributed by atoms with van der Waals surface area (Å²) in [5, 5.41) is 0. The topological polar surface area (TPSA) is 25.4 Å². The van der Waals surface area contributed by atoms with Crippen molar-refractivity contribution < 1.29 is 13.5 Å². The summed E-state index contributed by atoms with van der Waals surface area (Å²) in [6, 6.07) is 5.26. The van der Waals surface area contributed by atoms with Gasteiger partial charge in [-0.3, -0.25) is 4.98 Å². The van der Waals surface area contributed by atoms with Crippen molar-refractivity contribution in [1.29, 1.82) is 0 Å². The molecule has 1 aromatic carbocycles. The first kappa shape index (κ1) is 12.7. The number of benzene rings is 1. The van der Waals surface area contributed by atoms with Crippen LogP contribution in [0.3, 0.4) is 0 Å². The highest BCUT2D eigenvalue weighted by molar-refractivity contribution is 9.10. The van der Waals surface area contributed by atoms with Crippen LogP contribution in [0.15, 0.2) is 41.1 Å². The molecule has 1 saturated heterocycles. The van der Waals surface area contributed by atoms with E-state index >= 15 is 0 Å². The Labute approximate surface area is 117 Å². The molecule has 1 aromatic heterocycles. The molecule has 19 heavy (non-hydrogen) atoms. The Morgan fingerprint density at radius 3 is 2.79 bits per heavy atom. The van der Waals surface area contributed by atoms with Crippen LogP contribution in [0, 0.1) is 11.6 Å². The fraction of sp³-hybridized carbons (Fsp3) is 0.214. The summed E-state index contributed by atoms with van der Waals surface area (Å²) >= 11 is 3.33. The van der Waals surface area contributed by atoms with Gasteiger partial charge >= 0.3 is 0 Å². The molecule has 98 valence electrons. The number of pyridine rings is 1. The molecule has 0 bridgehead atoms. The van der Waals surface area contributed by atoms with Crippen LogP contribution < -0.4 is 0 Å². The molecule has 2 atom stereocenters. The van der Waals surface area contributed by atoms with Gasteiger partial charge in [0.05, 0.1) is 0 Å². The summed E-state index contributed by atoms with van der Waals surface area (Å²) in [4.78, 5) is 4.05. The Morgan fingerprint density at radius 2 is 2.05 bits per heavy atom. The van der Waals surface area contributed by atoms with Crippen molar-refractivity contribution in [2.45, 2.75) is 18.6 Å². The summed E-state index contributed by atoms with van der Waals surface area (Å²) in [7, 11) is 0. The molecule has 1 aliphatic rings. The predicted molar refractivity (Wildman–Crippen MR) is 69.5 cm³/mol. The minimum absolute atomic E-state index is 0.234. The lowest BCUT2D eigenvalue weighted by atomic mass is 9.93. The zero-order valence-corrected chi connectivity index (χ0v) is 11.6. The summed E-state index contributed by atoms with van der Waals surface area (Å²) in [5.41, 5.74) is 0.229. The van der Waals surface area contributed by atoms with Gasteiger partial charge in [-0.25, -0.2) is 8.78 Å². The Balaban J connectivity index is 1.97. The molecule has 2 aromatic rings. The quantitative estimate of drug-likeness (QED) is 0.776. The average Bonchev–Trinajstić information content (AvgIpc) is 3.06. The molecule has 0 radical (unpaired) electrons. The second-order valence-corrected chi connectivity index (χ2v) is 5.58. The summed E-state index contributed by atoms with van der Waals surface area (Å²) < 4.78 is 33.5. The van der Waals surface area contributed by atoms with E-state index in [9.17, 15) is 8.78 Å². The van der Waals surface area contributed by atoms with E-state index in [1.54, 1.807) is 19.3 Å². The van der Waals surface area contributed by atoms with Crippen molar-refractivity contribution in [2.75, 3.05) is 0 Å². The Kier molecular flexibility index (Phi) is 2.91. The first-order valence-corrected chi connectivity index (χ1v) is 6.54. The number of halogens is 3. The van der Waals surface area contributed by atoms with Crippen molar-refractivity contribution in [1.82, 2.24) is 4.98 Å². The number of ether oxygens (including phenoxy) is 1. The molecule has 2 unspecified atom stereocenters. The van der Waals surface area contributed by atoms with E-state index in [1.807, 2.05) is 6.07 Å². The van der Waals surface area contributed by atoms with Crippen molar-refractivity contribution >= 4 is 15.9 Å². The van der Waals surface area contributed by atoms with Gasteiger partial charge in [0.2, 0.25) is 0 Å². The van der Waals surface area contributed by atoms with Gasteiger partial charge in [0.15, 0.2) is 0 Å². The maximum Gasteiger partial charge on any atom is 0.129 e. The molecule has 2 heterocycles. The van der Waals surface area contributed by atoms with Crippen LogP contribution in [0.4, 0.5) is 8.78 Å². The summed E-state index contributed by atoms with van der Waals surface area (Å²) in [6.07, 6.45) is 3.01. The van der Waals surface area contributed by atoms with E-state index in [1.165, 1.54) is 6.07 Å². The van der Waals surface area contributed by atoms with Crippen molar-refractivity contribution in [3.63, 3.8) is 0 Å². The van der Waals surface area contributed by atoms with Crippen molar-refractivity contribution in [3.8, 4) is 0 Å². The second-order valence-electron chi connectivity index (χ2n) is 4.67. The molecular weight excluding hydrogens is 316 g/mol. The zero-order chi connectivity index (χ0) is 13.6. The number of hydrogen-bond acceptors (Lipinski definition) is 2. The Bertz CT molecular complexity index is 649. The van der Waals surface area contributed by atoms with E-state index in [2.05, 4.69) is 20.9 Å². The van der Waals surface area contributed by atoms with Gasteiger partial charge in [-0.15, -0.1) is 0 Å². The van der Waals surface area contributed by atoms with Crippen molar-refractivity contribution in [2.24, 2.45) is 0 Å². The summed E-state index contributed by atoms with van der Waals surface area (Å²) in [5.74, 6) is -0.936. The van der Waals surface area contributed by atoms with Crippen LogP contribution in [0.2, 0.25) is 0 Å². The fourth-order valence-corrected chi connectivity index (χ4v) is 2.63. The molecule has 1 aliphatic heterocycles. The number of rotatable bonds is 2. The smallest absolute Gasteiger partial charge is 0.129 e. The first-order valence-electron chi connectivity index (χ1n) is 5.74. The molecule has 2 nitrogen and oxygen atoms in total. The predicted octanol–water partition coefficient (Wildman–Crippen LogP) is 4.11. The molecular formula is C14H10BrF2NO. The molecule has 0 aliphatic carbocycles. The van der Waals surface area contributed by atoms with Crippen LogP contribution >= 0.6 is 15.9 Å². The maximum absolute atomic E-state index is 13.8. The standard InChI is InChI=1S/C14H10BrF2NO/c1-14(11-5-10(16)2-3-12(11)17)13(19-14)8-4-9(15)7-18-6-8/h2-7,13H,1H3.